The number of nitrogens with zero attached hydrogens (tertiary/aromatic N) is 1. The summed E-state index contributed by atoms with van der Waals surface area (Å²) >= 11 is 0. The Morgan fingerprint density at radius 2 is 1.58 bits per heavy atom. The lowest BCUT2D eigenvalue weighted by Gasteiger charge is -2.35. The van der Waals surface area contributed by atoms with Gasteiger partial charge in [-0.25, -0.2) is 0 Å². The number of allylic oxidation sites excluding steroid dienone is 1. The Bertz CT molecular complexity index is 1300. The van der Waals surface area contributed by atoms with E-state index in [2.05, 4.69) is 76.0 Å². The van der Waals surface area contributed by atoms with E-state index in [4.69, 9.17) is 5.73 Å². The van der Waals surface area contributed by atoms with Crippen molar-refractivity contribution in [3.05, 3.63) is 95.7 Å². The number of nitrogens with one attached hydrogen (secondary N) is 1. The van der Waals surface area contributed by atoms with Gasteiger partial charge in [0, 0.05) is 23.5 Å². The zero-order valence-electron chi connectivity index (χ0n) is 27.1. The van der Waals surface area contributed by atoms with E-state index in [1.807, 2.05) is 31.2 Å². The van der Waals surface area contributed by atoms with Gasteiger partial charge in [0.1, 0.15) is 5.75 Å². The quantitative estimate of drug-likeness (QED) is 0.211. The highest BCUT2D eigenvalue weighted by Crippen LogP contribution is 2.40. The molecule has 0 aromatic heterocycles. The maximum absolute atomic E-state index is 9.90. The smallest absolute Gasteiger partial charge is 0.117 e. The molecule has 0 bridgehead atoms. The largest absolute Gasteiger partial charge is 0.508 e. The molecule has 2 unspecified atom stereocenters. The van der Waals surface area contributed by atoms with Gasteiger partial charge in [-0.05, 0) is 116 Å². The molecule has 3 aromatic rings. The molecule has 1 fully saturated rings. The summed E-state index contributed by atoms with van der Waals surface area (Å²) in [6, 6.07) is 24.9. The number of aryl methyl sites for hydroxylation is 1. The standard InChI is InChI=1S/C31H36N2O.C8H17N/c1-5-15-31(16-6-2,17-14-24(4)33-29-18-23(3)19-30(34)21-29)28-12-10-26(11-13-28)27-9-7-8-25(20-27)22-32;1-6-3-7(2)5-8(9)4-6/h7-13,18-21,33-34H,4-6,14-17H2,1-3H3;6-8H,3-5,9H2,1-2H3. The van der Waals surface area contributed by atoms with Gasteiger partial charge < -0.3 is 16.2 Å². The molecular formula is C39H53N3O. The Labute approximate surface area is 261 Å². The molecule has 230 valence electrons. The normalized spacial score (nSPS) is 18.2. The third kappa shape index (κ3) is 10.3. The first kappa shape index (κ1) is 33.9. The monoisotopic (exact) mass is 579 g/mol. The van der Waals surface area contributed by atoms with Gasteiger partial charge in [-0.2, -0.15) is 5.26 Å². The molecule has 4 nitrogen and oxygen atoms in total. The summed E-state index contributed by atoms with van der Waals surface area (Å²) in [5.41, 5.74) is 13.0. The molecule has 0 amide bonds. The van der Waals surface area contributed by atoms with Crippen LogP contribution in [0.1, 0.15) is 102 Å². The van der Waals surface area contributed by atoms with E-state index in [0.29, 0.717) is 11.6 Å². The molecule has 0 aliphatic heterocycles. The van der Waals surface area contributed by atoms with Gasteiger partial charge in [0.25, 0.3) is 0 Å². The fourth-order valence-corrected chi connectivity index (χ4v) is 7.05. The molecule has 1 saturated carbocycles. The van der Waals surface area contributed by atoms with Crippen molar-refractivity contribution in [1.29, 1.82) is 5.26 Å². The summed E-state index contributed by atoms with van der Waals surface area (Å²) in [5.74, 6) is 1.99. The Morgan fingerprint density at radius 3 is 2.14 bits per heavy atom. The number of hydrogen-bond acceptors (Lipinski definition) is 4. The number of rotatable bonds is 11. The topological polar surface area (TPSA) is 82.1 Å². The van der Waals surface area contributed by atoms with Crippen LogP contribution in [0.2, 0.25) is 0 Å². The van der Waals surface area contributed by atoms with Crippen molar-refractivity contribution in [3.8, 4) is 22.9 Å². The number of nitrogens with two attached hydrogens (primary N) is 1. The average Bonchev–Trinajstić information content (AvgIpc) is 2.95. The zero-order valence-corrected chi connectivity index (χ0v) is 27.1. The first-order valence-corrected chi connectivity index (χ1v) is 16.2. The Kier molecular flexibility index (Phi) is 12.9. The Morgan fingerprint density at radius 1 is 0.930 bits per heavy atom. The first-order chi connectivity index (χ1) is 20.6. The van der Waals surface area contributed by atoms with Crippen LogP contribution in [0.3, 0.4) is 0 Å². The van der Waals surface area contributed by atoms with Crippen LogP contribution in [0.15, 0.2) is 79.0 Å². The van der Waals surface area contributed by atoms with E-state index in [1.54, 1.807) is 12.1 Å². The van der Waals surface area contributed by atoms with Crippen molar-refractivity contribution in [1.82, 2.24) is 0 Å². The van der Waals surface area contributed by atoms with Crippen LogP contribution < -0.4 is 11.1 Å². The van der Waals surface area contributed by atoms with E-state index in [0.717, 1.165) is 78.4 Å². The van der Waals surface area contributed by atoms with E-state index < -0.39 is 0 Å². The number of phenols is 1. The third-order valence-corrected chi connectivity index (χ3v) is 8.78. The van der Waals surface area contributed by atoms with Crippen molar-refractivity contribution in [3.63, 3.8) is 0 Å². The van der Waals surface area contributed by atoms with E-state index in [9.17, 15) is 10.4 Å². The van der Waals surface area contributed by atoms with Crippen LogP contribution in [-0.4, -0.2) is 11.1 Å². The minimum atomic E-state index is 0.0932. The van der Waals surface area contributed by atoms with Crippen LogP contribution in [0, 0.1) is 30.1 Å². The number of nitriles is 1. The summed E-state index contributed by atoms with van der Waals surface area (Å²) in [5, 5.41) is 22.5. The summed E-state index contributed by atoms with van der Waals surface area (Å²) in [7, 11) is 0. The number of benzene rings is 3. The highest BCUT2D eigenvalue weighted by atomic mass is 16.3. The van der Waals surface area contributed by atoms with Crippen LogP contribution in [-0.2, 0) is 5.41 Å². The number of hydrogen-bond donors (Lipinski definition) is 3. The third-order valence-electron chi connectivity index (χ3n) is 8.78. The maximum Gasteiger partial charge on any atom is 0.117 e. The highest BCUT2D eigenvalue weighted by Gasteiger charge is 2.30. The second-order valence-electron chi connectivity index (χ2n) is 13.0. The number of phenolic OH excluding ortho intramolecular Hbond substituents is 1. The predicted molar refractivity (Wildman–Crippen MR) is 183 cm³/mol. The maximum atomic E-state index is 9.90. The average molecular weight is 580 g/mol. The molecular weight excluding hydrogens is 526 g/mol. The first-order valence-electron chi connectivity index (χ1n) is 16.2. The highest BCUT2D eigenvalue weighted by molar-refractivity contribution is 5.65. The lowest BCUT2D eigenvalue weighted by Crippen LogP contribution is -2.30. The second-order valence-corrected chi connectivity index (χ2v) is 13.0. The molecule has 4 rings (SSSR count). The minimum Gasteiger partial charge on any atom is -0.508 e. The van der Waals surface area contributed by atoms with Gasteiger partial charge in [-0.1, -0.05) is 83.5 Å². The van der Waals surface area contributed by atoms with E-state index >= 15 is 0 Å². The van der Waals surface area contributed by atoms with Crippen molar-refractivity contribution < 1.29 is 5.11 Å². The van der Waals surface area contributed by atoms with Gasteiger partial charge in [-0.3, -0.25) is 0 Å². The van der Waals surface area contributed by atoms with Gasteiger partial charge in [0.2, 0.25) is 0 Å². The molecule has 0 spiro atoms. The van der Waals surface area contributed by atoms with Crippen molar-refractivity contribution in [2.24, 2.45) is 17.6 Å². The molecule has 2 atom stereocenters. The number of aromatic hydroxyl groups is 1. The molecule has 1 aliphatic carbocycles. The van der Waals surface area contributed by atoms with E-state index in [-0.39, 0.29) is 11.2 Å². The molecule has 3 aromatic carbocycles. The minimum absolute atomic E-state index is 0.0932. The molecule has 43 heavy (non-hydrogen) atoms. The molecule has 4 heteroatoms. The fraction of sp³-hybridized carbons (Fsp3) is 0.462. The van der Waals surface area contributed by atoms with E-state index in [1.165, 1.54) is 24.8 Å². The second kappa shape index (κ2) is 16.3. The Hall–Kier alpha value is -3.55. The molecule has 0 radical (unpaired) electrons. The zero-order chi connectivity index (χ0) is 31.4. The van der Waals surface area contributed by atoms with Crippen LogP contribution >= 0.6 is 0 Å². The van der Waals surface area contributed by atoms with Crippen LogP contribution in [0.5, 0.6) is 5.75 Å². The summed E-state index contributed by atoms with van der Waals surface area (Å²) < 4.78 is 0. The van der Waals surface area contributed by atoms with Gasteiger partial charge in [0.15, 0.2) is 0 Å². The SMILES string of the molecule is C=C(CCC(CCC)(CCC)c1ccc(-c2cccc(C#N)c2)cc1)Nc1cc(C)cc(O)c1.CC1CC(C)CC(N)C1. The number of anilines is 1. The summed E-state index contributed by atoms with van der Waals surface area (Å²) in [4.78, 5) is 0. The molecule has 0 saturated heterocycles. The lowest BCUT2D eigenvalue weighted by molar-refractivity contribution is 0.269. The predicted octanol–water partition coefficient (Wildman–Crippen LogP) is 10.3. The molecule has 0 heterocycles. The summed E-state index contributed by atoms with van der Waals surface area (Å²) in [6.07, 6.45) is 10.2. The Balaban J connectivity index is 0.000000480. The lowest BCUT2D eigenvalue weighted by atomic mass is 9.70. The van der Waals surface area contributed by atoms with Crippen molar-refractivity contribution in [2.45, 2.75) is 104 Å². The summed E-state index contributed by atoms with van der Waals surface area (Å²) in [6.45, 7) is 15.4. The van der Waals surface area contributed by atoms with Gasteiger partial charge in [-0.15, -0.1) is 0 Å². The fourth-order valence-electron chi connectivity index (χ4n) is 7.05. The van der Waals surface area contributed by atoms with Crippen molar-refractivity contribution in [2.75, 3.05) is 5.32 Å². The molecule has 1 aliphatic rings. The van der Waals surface area contributed by atoms with Gasteiger partial charge in [0.05, 0.1) is 11.6 Å². The van der Waals surface area contributed by atoms with Crippen LogP contribution in [0.4, 0.5) is 5.69 Å². The van der Waals surface area contributed by atoms with Gasteiger partial charge >= 0.3 is 0 Å². The molecule has 4 N–H and O–H groups in total. The van der Waals surface area contributed by atoms with Crippen LogP contribution in [0.25, 0.3) is 11.1 Å². The van der Waals surface area contributed by atoms with Crippen molar-refractivity contribution >= 4 is 5.69 Å².